The third-order valence-corrected chi connectivity index (χ3v) is 6.64. The Kier molecular flexibility index (Phi) is 4.17. The number of fused-ring (bicyclic) bond motifs is 2. The minimum Gasteiger partial charge on any atom is -0.302 e. The second-order valence-electron chi connectivity index (χ2n) is 7.52. The molecule has 2 aliphatic rings. The van der Waals surface area contributed by atoms with Gasteiger partial charge in [0.25, 0.3) is 0 Å². The summed E-state index contributed by atoms with van der Waals surface area (Å²) >= 11 is 1.51. The number of nitrogens with one attached hydrogen (secondary N) is 1. The van der Waals surface area contributed by atoms with E-state index in [4.69, 9.17) is 0 Å². The summed E-state index contributed by atoms with van der Waals surface area (Å²) in [5, 5.41) is 5.76. The molecule has 2 saturated carbocycles. The molecule has 1 heterocycles. The smallest absolute Gasteiger partial charge is 0.226 e. The van der Waals surface area contributed by atoms with E-state index in [0.717, 1.165) is 28.2 Å². The Morgan fingerprint density at radius 1 is 1.25 bits per heavy atom. The van der Waals surface area contributed by atoms with Crippen LogP contribution < -0.4 is 5.32 Å². The molecule has 0 spiro atoms. The van der Waals surface area contributed by atoms with Gasteiger partial charge in [-0.2, -0.15) is 0 Å². The fourth-order valence-corrected chi connectivity index (χ4v) is 5.14. The average molecular weight is 340 g/mol. The Morgan fingerprint density at radius 2 is 2.12 bits per heavy atom. The SMILES string of the molecule is Cc1ccc(-c2csc(NC(=O)C[C@@H]3C[C@H]4CC[C@@H]3C4)n2)cc1C. The van der Waals surface area contributed by atoms with Crippen molar-refractivity contribution in [1.29, 1.82) is 0 Å². The number of aryl methyl sites for hydroxylation is 2. The van der Waals surface area contributed by atoms with Crippen LogP contribution in [0.4, 0.5) is 5.13 Å². The number of hydrogen-bond donors (Lipinski definition) is 1. The Hall–Kier alpha value is -1.68. The van der Waals surface area contributed by atoms with Gasteiger partial charge >= 0.3 is 0 Å². The topological polar surface area (TPSA) is 42.0 Å². The van der Waals surface area contributed by atoms with E-state index in [1.807, 2.05) is 5.38 Å². The average Bonchev–Trinajstić information content (AvgIpc) is 3.26. The molecule has 3 atom stereocenters. The number of benzene rings is 1. The van der Waals surface area contributed by atoms with Crippen molar-refractivity contribution in [3.05, 3.63) is 34.7 Å². The molecule has 0 aliphatic heterocycles. The number of nitrogens with zero attached hydrogens (tertiary/aromatic N) is 1. The van der Waals surface area contributed by atoms with E-state index in [9.17, 15) is 4.79 Å². The van der Waals surface area contributed by atoms with Gasteiger partial charge in [0.05, 0.1) is 5.69 Å². The summed E-state index contributed by atoms with van der Waals surface area (Å²) in [6, 6.07) is 6.38. The lowest BCUT2D eigenvalue weighted by Crippen LogP contribution is -2.20. The van der Waals surface area contributed by atoms with Gasteiger partial charge in [-0.3, -0.25) is 4.79 Å². The van der Waals surface area contributed by atoms with Crippen LogP contribution in [0.2, 0.25) is 0 Å². The number of hydrogen-bond acceptors (Lipinski definition) is 3. The highest BCUT2D eigenvalue weighted by Gasteiger charge is 2.40. The molecular weight excluding hydrogens is 316 g/mol. The molecule has 2 fully saturated rings. The molecule has 3 nitrogen and oxygen atoms in total. The number of thiazole rings is 1. The van der Waals surface area contributed by atoms with Crippen molar-refractivity contribution < 1.29 is 4.79 Å². The van der Waals surface area contributed by atoms with Gasteiger partial charge in [0.15, 0.2) is 5.13 Å². The molecule has 1 N–H and O–H groups in total. The van der Waals surface area contributed by atoms with Crippen LogP contribution in [0.1, 0.15) is 43.2 Å². The van der Waals surface area contributed by atoms with Crippen LogP contribution in [0.15, 0.2) is 23.6 Å². The monoisotopic (exact) mass is 340 g/mol. The van der Waals surface area contributed by atoms with E-state index in [1.54, 1.807) is 0 Å². The number of rotatable bonds is 4. The lowest BCUT2D eigenvalue weighted by molar-refractivity contribution is -0.117. The van der Waals surface area contributed by atoms with Crippen molar-refractivity contribution in [1.82, 2.24) is 4.98 Å². The van der Waals surface area contributed by atoms with Crippen LogP contribution in [0.5, 0.6) is 0 Å². The summed E-state index contributed by atoms with van der Waals surface area (Å²) in [5.41, 5.74) is 4.61. The van der Waals surface area contributed by atoms with Crippen molar-refractivity contribution >= 4 is 22.4 Å². The van der Waals surface area contributed by atoms with Gasteiger partial charge < -0.3 is 5.32 Å². The van der Waals surface area contributed by atoms with Gasteiger partial charge in [0.1, 0.15) is 0 Å². The predicted molar refractivity (Wildman–Crippen MR) is 99.2 cm³/mol. The summed E-state index contributed by atoms with van der Waals surface area (Å²) in [7, 11) is 0. The van der Waals surface area contributed by atoms with Gasteiger partial charge in [-0.05, 0) is 68.1 Å². The maximum atomic E-state index is 12.3. The van der Waals surface area contributed by atoms with E-state index in [1.165, 1.54) is 48.1 Å². The molecule has 1 aromatic heterocycles. The van der Waals surface area contributed by atoms with Crippen molar-refractivity contribution in [2.45, 2.75) is 46.0 Å². The lowest BCUT2D eigenvalue weighted by Gasteiger charge is -2.20. The number of carbonyl (C=O) groups excluding carboxylic acids is 1. The van der Waals surface area contributed by atoms with Crippen LogP contribution in [0, 0.1) is 31.6 Å². The normalized spacial score (nSPS) is 25.2. The zero-order valence-corrected chi connectivity index (χ0v) is 15.2. The minimum absolute atomic E-state index is 0.133. The van der Waals surface area contributed by atoms with E-state index in [2.05, 4.69) is 42.3 Å². The first-order chi connectivity index (χ1) is 11.6. The van der Waals surface area contributed by atoms with Crippen molar-refractivity contribution in [2.24, 2.45) is 17.8 Å². The third kappa shape index (κ3) is 3.12. The van der Waals surface area contributed by atoms with Gasteiger partial charge in [-0.25, -0.2) is 4.98 Å². The standard InChI is InChI=1S/C20H24N2OS/c1-12-3-5-16(7-13(12)2)18-11-24-20(21-18)22-19(23)10-17-9-14-4-6-15(17)8-14/h3,5,7,11,14-15,17H,4,6,8-10H2,1-2H3,(H,21,22,23)/t14-,15+,17-/m0/s1. The van der Waals surface area contributed by atoms with Crippen molar-refractivity contribution in [3.63, 3.8) is 0 Å². The molecule has 1 amide bonds. The quantitative estimate of drug-likeness (QED) is 0.832. The maximum Gasteiger partial charge on any atom is 0.226 e. The lowest BCUT2D eigenvalue weighted by atomic mass is 9.86. The Labute approximate surface area is 147 Å². The number of carbonyl (C=O) groups is 1. The number of aromatic nitrogens is 1. The minimum atomic E-state index is 0.133. The first kappa shape index (κ1) is 15.8. The van der Waals surface area contributed by atoms with Gasteiger partial charge in [-0.1, -0.05) is 18.6 Å². The zero-order valence-electron chi connectivity index (χ0n) is 14.3. The van der Waals surface area contributed by atoms with Crippen LogP contribution >= 0.6 is 11.3 Å². The second-order valence-corrected chi connectivity index (χ2v) is 8.38. The Morgan fingerprint density at radius 3 is 2.83 bits per heavy atom. The molecule has 0 radical (unpaired) electrons. The maximum absolute atomic E-state index is 12.3. The Balaban J connectivity index is 1.39. The van der Waals surface area contributed by atoms with Crippen molar-refractivity contribution in [2.75, 3.05) is 5.32 Å². The van der Waals surface area contributed by atoms with Crippen LogP contribution in [-0.4, -0.2) is 10.9 Å². The first-order valence-corrected chi connectivity index (χ1v) is 9.79. The van der Waals surface area contributed by atoms with Gasteiger partial charge in [0, 0.05) is 17.4 Å². The molecule has 24 heavy (non-hydrogen) atoms. The van der Waals surface area contributed by atoms with Gasteiger partial charge in [0.2, 0.25) is 5.91 Å². The van der Waals surface area contributed by atoms with E-state index in [0.29, 0.717) is 12.3 Å². The molecule has 1 aromatic carbocycles. The zero-order chi connectivity index (χ0) is 16.7. The van der Waals surface area contributed by atoms with Crippen LogP contribution in [0.3, 0.4) is 0 Å². The second kappa shape index (κ2) is 6.32. The largest absolute Gasteiger partial charge is 0.302 e. The summed E-state index contributed by atoms with van der Waals surface area (Å²) in [6.07, 6.45) is 5.99. The molecule has 0 saturated heterocycles. The summed E-state index contributed by atoms with van der Waals surface area (Å²) in [6.45, 7) is 4.23. The number of amides is 1. The molecule has 2 bridgehead atoms. The molecule has 0 unspecified atom stereocenters. The highest BCUT2D eigenvalue weighted by molar-refractivity contribution is 7.14. The molecule has 126 valence electrons. The fourth-order valence-electron chi connectivity index (χ4n) is 4.40. The molecule has 2 aromatic rings. The van der Waals surface area contributed by atoms with E-state index >= 15 is 0 Å². The molecule has 4 heteroatoms. The molecule has 4 rings (SSSR count). The van der Waals surface area contributed by atoms with Crippen LogP contribution in [0.25, 0.3) is 11.3 Å². The van der Waals surface area contributed by atoms with E-state index < -0.39 is 0 Å². The first-order valence-electron chi connectivity index (χ1n) is 8.91. The summed E-state index contributed by atoms with van der Waals surface area (Å²) in [4.78, 5) is 16.9. The van der Waals surface area contributed by atoms with Crippen LogP contribution in [-0.2, 0) is 4.79 Å². The van der Waals surface area contributed by atoms with Gasteiger partial charge in [-0.15, -0.1) is 11.3 Å². The number of anilines is 1. The third-order valence-electron chi connectivity index (χ3n) is 5.89. The Bertz CT molecular complexity index is 767. The molecule has 2 aliphatic carbocycles. The predicted octanol–water partition coefficient (Wildman–Crippen LogP) is 5.19. The van der Waals surface area contributed by atoms with Crippen molar-refractivity contribution in [3.8, 4) is 11.3 Å². The molecular formula is C20H24N2OS. The summed E-state index contributed by atoms with van der Waals surface area (Å²) < 4.78 is 0. The summed E-state index contributed by atoms with van der Waals surface area (Å²) in [5.74, 6) is 2.42. The highest BCUT2D eigenvalue weighted by Crippen LogP contribution is 2.49. The highest BCUT2D eigenvalue weighted by atomic mass is 32.1. The van der Waals surface area contributed by atoms with E-state index in [-0.39, 0.29) is 5.91 Å². The fraction of sp³-hybridized carbons (Fsp3) is 0.500.